The SMILES string of the molecule is COc1ccc(Br)cc1/C=C1/Oc2cc(OS(C)(=O)=O)ccc2C1=O. The van der Waals surface area contributed by atoms with Crippen molar-refractivity contribution in [2.75, 3.05) is 13.4 Å². The minimum absolute atomic E-state index is 0.0790. The van der Waals surface area contributed by atoms with E-state index in [0.717, 1.165) is 10.7 Å². The lowest BCUT2D eigenvalue weighted by Crippen LogP contribution is -2.05. The topological polar surface area (TPSA) is 78.9 Å². The summed E-state index contributed by atoms with van der Waals surface area (Å²) in [7, 11) is -2.13. The predicted molar refractivity (Wildman–Crippen MR) is 95.5 cm³/mol. The van der Waals surface area contributed by atoms with E-state index in [1.165, 1.54) is 25.3 Å². The van der Waals surface area contributed by atoms with Crippen molar-refractivity contribution in [1.29, 1.82) is 0 Å². The maximum Gasteiger partial charge on any atom is 0.306 e. The third kappa shape index (κ3) is 3.85. The van der Waals surface area contributed by atoms with Crippen molar-refractivity contribution in [1.82, 2.24) is 0 Å². The Morgan fingerprint density at radius 3 is 2.60 bits per heavy atom. The van der Waals surface area contributed by atoms with Crippen LogP contribution in [0.2, 0.25) is 0 Å². The third-order valence-electron chi connectivity index (χ3n) is 3.37. The molecule has 2 aromatic rings. The van der Waals surface area contributed by atoms with Gasteiger partial charge in [0, 0.05) is 16.1 Å². The van der Waals surface area contributed by atoms with Gasteiger partial charge in [-0.3, -0.25) is 4.79 Å². The van der Waals surface area contributed by atoms with Crippen LogP contribution in [0.25, 0.3) is 6.08 Å². The average molecular weight is 425 g/mol. The summed E-state index contributed by atoms with van der Waals surface area (Å²) in [6.45, 7) is 0. The summed E-state index contributed by atoms with van der Waals surface area (Å²) < 4.78 is 38.9. The Morgan fingerprint density at radius 2 is 1.92 bits per heavy atom. The van der Waals surface area contributed by atoms with E-state index in [2.05, 4.69) is 15.9 Å². The zero-order valence-electron chi connectivity index (χ0n) is 13.3. The van der Waals surface area contributed by atoms with Crippen LogP contribution in [0.15, 0.2) is 46.6 Å². The van der Waals surface area contributed by atoms with Gasteiger partial charge in [-0.1, -0.05) is 15.9 Å². The summed E-state index contributed by atoms with van der Waals surface area (Å²) in [6, 6.07) is 9.63. The number of hydrogen-bond donors (Lipinski definition) is 0. The Balaban J connectivity index is 1.96. The number of benzene rings is 2. The molecule has 25 heavy (non-hydrogen) atoms. The Kier molecular flexibility index (Phi) is 4.57. The number of hydrogen-bond acceptors (Lipinski definition) is 6. The van der Waals surface area contributed by atoms with Crippen molar-refractivity contribution in [2.45, 2.75) is 0 Å². The molecule has 1 aliphatic rings. The molecule has 0 aromatic heterocycles. The van der Waals surface area contributed by atoms with Crippen LogP contribution < -0.4 is 13.7 Å². The first-order valence-corrected chi connectivity index (χ1v) is 9.69. The van der Waals surface area contributed by atoms with Gasteiger partial charge in [-0.05, 0) is 36.4 Å². The van der Waals surface area contributed by atoms with Crippen LogP contribution in [0.1, 0.15) is 15.9 Å². The molecule has 1 heterocycles. The van der Waals surface area contributed by atoms with E-state index in [9.17, 15) is 13.2 Å². The van der Waals surface area contributed by atoms with Gasteiger partial charge in [0.2, 0.25) is 5.78 Å². The van der Waals surface area contributed by atoms with Crippen LogP contribution in [0.5, 0.6) is 17.2 Å². The number of ether oxygens (including phenoxy) is 2. The highest BCUT2D eigenvalue weighted by Gasteiger charge is 2.28. The van der Waals surface area contributed by atoms with Crippen molar-refractivity contribution in [3.05, 3.63) is 57.8 Å². The summed E-state index contributed by atoms with van der Waals surface area (Å²) >= 11 is 3.37. The highest BCUT2D eigenvalue weighted by Crippen LogP contribution is 2.36. The molecular formula is C17H13BrO6S. The molecule has 0 radical (unpaired) electrons. The molecule has 0 N–H and O–H groups in total. The summed E-state index contributed by atoms with van der Waals surface area (Å²) in [4.78, 5) is 12.5. The molecule has 0 amide bonds. The van der Waals surface area contributed by atoms with Gasteiger partial charge in [-0.2, -0.15) is 8.42 Å². The van der Waals surface area contributed by atoms with Crippen LogP contribution >= 0.6 is 15.9 Å². The smallest absolute Gasteiger partial charge is 0.306 e. The summed E-state index contributed by atoms with van der Waals surface area (Å²) in [5.74, 6) is 0.719. The van der Waals surface area contributed by atoms with Crippen LogP contribution in [-0.4, -0.2) is 27.6 Å². The van der Waals surface area contributed by atoms with Gasteiger partial charge in [-0.25, -0.2) is 0 Å². The number of carbonyl (C=O) groups is 1. The van der Waals surface area contributed by atoms with E-state index in [4.69, 9.17) is 13.7 Å². The van der Waals surface area contributed by atoms with Gasteiger partial charge in [0.15, 0.2) is 5.76 Å². The highest BCUT2D eigenvalue weighted by molar-refractivity contribution is 9.10. The average Bonchev–Trinajstić information content (AvgIpc) is 2.82. The first kappa shape index (κ1) is 17.5. The summed E-state index contributed by atoms with van der Waals surface area (Å²) in [6.07, 6.45) is 2.51. The highest BCUT2D eigenvalue weighted by atomic mass is 79.9. The third-order valence-corrected chi connectivity index (χ3v) is 4.36. The first-order chi connectivity index (χ1) is 11.8. The zero-order chi connectivity index (χ0) is 18.2. The second kappa shape index (κ2) is 6.53. The quantitative estimate of drug-likeness (QED) is 0.552. The Hall–Kier alpha value is -2.32. The van der Waals surface area contributed by atoms with E-state index >= 15 is 0 Å². The van der Waals surface area contributed by atoms with Gasteiger partial charge >= 0.3 is 10.1 Å². The van der Waals surface area contributed by atoms with Gasteiger partial charge in [-0.15, -0.1) is 0 Å². The van der Waals surface area contributed by atoms with Crippen molar-refractivity contribution < 1.29 is 26.9 Å². The van der Waals surface area contributed by atoms with Crippen molar-refractivity contribution >= 4 is 37.9 Å². The molecule has 0 aliphatic carbocycles. The second-order valence-electron chi connectivity index (χ2n) is 5.27. The largest absolute Gasteiger partial charge is 0.496 e. The maximum atomic E-state index is 12.5. The van der Waals surface area contributed by atoms with Crippen molar-refractivity contribution in [2.24, 2.45) is 0 Å². The Bertz CT molecular complexity index is 994. The van der Waals surface area contributed by atoms with E-state index in [1.54, 1.807) is 18.2 Å². The van der Waals surface area contributed by atoms with Gasteiger partial charge in [0.1, 0.15) is 17.2 Å². The number of halogens is 1. The lowest BCUT2D eigenvalue weighted by molar-refractivity contribution is 0.101. The molecule has 3 rings (SSSR count). The summed E-state index contributed by atoms with van der Waals surface area (Å²) in [5, 5.41) is 0. The molecule has 0 fully saturated rings. The number of ketones is 1. The number of methoxy groups -OCH3 is 1. The van der Waals surface area contributed by atoms with E-state index in [0.29, 0.717) is 16.9 Å². The van der Waals surface area contributed by atoms with Crippen LogP contribution in [0.3, 0.4) is 0 Å². The van der Waals surface area contributed by atoms with Gasteiger partial charge in [0.25, 0.3) is 0 Å². The lowest BCUT2D eigenvalue weighted by atomic mass is 10.1. The number of allylic oxidation sites excluding steroid dienone is 1. The molecule has 130 valence electrons. The van der Waals surface area contributed by atoms with Crippen LogP contribution in [-0.2, 0) is 10.1 Å². The van der Waals surface area contributed by atoms with E-state index in [-0.39, 0.29) is 23.0 Å². The zero-order valence-corrected chi connectivity index (χ0v) is 15.7. The van der Waals surface area contributed by atoms with Crippen molar-refractivity contribution in [3.8, 4) is 17.2 Å². The Morgan fingerprint density at radius 1 is 1.16 bits per heavy atom. The van der Waals surface area contributed by atoms with Crippen LogP contribution in [0, 0.1) is 0 Å². The fraction of sp³-hybridized carbons (Fsp3) is 0.118. The van der Waals surface area contributed by atoms with Crippen LogP contribution in [0.4, 0.5) is 0 Å². The molecule has 0 bridgehead atoms. The molecule has 0 saturated heterocycles. The first-order valence-electron chi connectivity index (χ1n) is 7.08. The molecule has 0 saturated carbocycles. The lowest BCUT2D eigenvalue weighted by Gasteiger charge is -2.06. The number of rotatable bonds is 4. The predicted octanol–water partition coefficient (Wildman–Crippen LogP) is 3.41. The second-order valence-corrected chi connectivity index (χ2v) is 7.76. The molecule has 0 atom stereocenters. The van der Waals surface area contributed by atoms with Gasteiger partial charge in [0.05, 0.1) is 18.9 Å². The fourth-order valence-electron chi connectivity index (χ4n) is 2.35. The molecule has 6 nitrogen and oxygen atoms in total. The van der Waals surface area contributed by atoms with Crippen molar-refractivity contribution in [3.63, 3.8) is 0 Å². The molecule has 1 aliphatic heterocycles. The molecule has 0 unspecified atom stereocenters. The van der Waals surface area contributed by atoms with Gasteiger partial charge < -0.3 is 13.7 Å². The number of carbonyl (C=O) groups excluding carboxylic acids is 1. The fourth-order valence-corrected chi connectivity index (χ4v) is 3.19. The normalized spacial score (nSPS) is 15.0. The molecule has 8 heteroatoms. The van der Waals surface area contributed by atoms with E-state index in [1.807, 2.05) is 6.07 Å². The standard InChI is InChI=1S/C17H13BrO6S/c1-22-14-6-3-11(18)7-10(14)8-16-17(19)13-5-4-12(9-15(13)23-16)24-25(2,20)21/h3-9H,1-2H3/b16-8+. The minimum atomic E-state index is -3.66. The minimum Gasteiger partial charge on any atom is -0.496 e. The maximum absolute atomic E-state index is 12.5. The summed E-state index contributed by atoms with van der Waals surface area (Å²) in [5.41, 5.74) is 1.00. The number of Topliss-reactive ketones (excluding diaryl/α,β-unsaturated/α-hetero) is 1. The van der Waals surface area contributed by atoms with E-state index < -0.39 is 10.1 Å². The monoisotopic (exact) mass is 424 g/mol. The molecule has 2 aromatic carbocycles. The Labute approximate surface area is 153 Å². The number of fused-ring (bicyclic) bond motifs is 1. The molecule has 0 spiro atoms. The molecular weight excluding hydrogens is 412 g/mol.